The minimum atomic E-state index is -0.882. The highest BCUT2D eigenvalue weighted by Crippen LogP contribution is 2.27. The van der Waals surface area contributed by atoms with Crippen molar-refractivity contribution >= 4 is 17.8 Å². The van der Waals surface area contributed by atoms with Gasteiger partial charge in [0.1, 0.15) is 0 Å². The van der Waals surface area contributed by atoms with E-state index in [1.807, 2.05) is 25.1 Å². The molecular formula is C20H21ClN4O5. The standard InChI is InChI=1S/C20H21ClN4O5/c1-3-29-20(27)30-19-17(18(26)23-8-10-28-11-9-24(19)23)25-13(2)12-16(22-25)14-4-6-15(21)7-5-14/h4-7,12H,3,8-11H2,1-2H3. The first kappa shape index (κ1) is 20.2. The van der Waals surface area contributed by atoms with E-state index in [0.717, 1.165) is 5.56 Å². The van der Waals surface area contributed by atoms with Crippen LogP contribution in [0.2, 0.25) is 5.02 Å². The van der Waals surface area contributed by atoms with Gasteiger partial charge in [-0.3, -0.25) is 4.79 Å². The van der Waals surface area contributed by atoms with Gasteiger partial charge in [0, 0.05) is 16.3 Å². The van der Waals surface area contributed by atoms with E-state index in [9.17, 15) is 9.59 Å². The number of hydrogen-bond donors (Lipinski definition) is 0. The third kappa shape index (κ3) is 3.73. The van der Waals surface area contributed by atoms with Crippen LogP contribution in [0, 0.1) is 6.92 Å². The van der Waals surface area contributed by atoms with Gasteiger partial charge >= 0.3 is 6.16 Å². The van der Waals surface area contributed by atoms with E-state index in [0.29, 0.717) is 42.7 Å². The monoisotopic (exact) mass is 432 g/mol. The van der Waals surface area contributed by atoms with Crippen molar-refractivity contribution in [2.24, 2.45) is 0 Å². The highest BCUT2D eigenvalue weighted by Gasteiger charge is 2.28. The van der Waals surface area contributed by atoms with Crippen LogP contribution >= 0.6 is 11.6 Å². The second-order valence-corrected chi connectivity index (χ2v) is 7.13. The number of nitrogens with zero attached hydrogens (tertiary/aromatic N) is 4. The highest BCUT2D eigenvalue weighted by molar-refractivity contribution is 6.30. The van der Waals surface area contributed by atoms with Crippen molar-refractivity contribution in [1.29, 1.82) is 0 Å². The van der Waals surface area contributed by atoms with Crippen LogP contribution in [0.25, 0.3) is 16.9 Å². The molecule has 9 nitrogen and oxygen atoms in total. The van der Waals surface area contributed by atoms with Gasteiger partial charge in [-0.05, 0) is 32.0 Å². The molecule has 1 aliphatic heterocycles. The fourth-order valence-electron chi connectivity index (χ4n) is 3.37. The minimum absolute atomic E-state index is 0.0813. The van der Waals surface area contributed by atoms with Crippen molar-refractivity contribution in [3.8, 4) is 22.8 Å². The summed E-state index contributed by atoms with van der Waals surface area (Å²) in [6.45, 7) is 5.13. The average molecular weight is 433 g/mol. The fraction of sp³-hybridized carbons (Fsp3) is 0.350. The Morgan fingerprint density at radius 3 is 2.60 bits per heavy atom. The quantitative estimate of drug-likeness (QED) is 0.589. The lowest BCUT2D eigenvalue weighted by Gasteiger charge is -2.11. The molecule has 2 aromatic heterocycles. The lowest BCUT2D eigenvalue weighted by molar-refractivity contribution is 0.0987. The lowest BCUT2D eigenvalue weighted by Crippen LogP contribution is -2.25. The number of aromatic nitrogens is 4. The zero-order chi connectivity index (χ0) is 21.3. The van der Waals surface area contributed by atoms with Gasteiger partial charge in [-0.15, -0.1) is 0 Å². The summed E-state index contributed by atoms with van der Waals surface area (Å²) in [6.07, 6.45) is -0.882. The fourth-order valence-corrected chi connectivity index (χ4v) is 3.50. The van der Waals surface area contributed by atoms with E-state index >= 15 is 0 Å². The van der Waals surface area contributed by atoms with Gasteiger partial charge < -0.3 is 14.2 Å². The smallest absolute Gasteiger partial charge is 0.434 e. The van der Waals surface area contributed by atoms with Crippen molar-refractivity contribution in [1.82, 2.24) is 19.1 Å². The topological polar surface area (TPSA) is 89.5 Å². The van der Waals surface area contributed by atoms with Crippen LogP contribution in [0.5, 0.6) is 5.88 Å². The van der Waals surface area contributed by atoms with Crippen LogP contribution in [0.15, 0.2) is 35.1 Å². The molecule has 1 aliphatic rings. The highest BCUT2D eigenvalue weighted by atomic mass is 35.5. The second kappa shape index (κ2) is 8.37. The number of benzene rings is 1. The maximum Gasteiger partial charge on any atom is 0.515 e. The number of carbonyl (C=O) groups excluding carboxylic acids is 1. The van der Waals surface area contributed by atoms with Crippen LogP contribution < -0.4 is 10.3 Å². The Bertz CT molecular complexity index is 1130. The normalized spacial score (nSPS) is 13.6. The molecule has 0 spiro atoms. The summed E-state index contributed by atoms with van der Waals surface area (Å²) >= 11 is 5.98. The Labute approximate surface area is 177 Å². The Kier molecular flexibility index (Phi) is 5.65. The molecule has 10 heteroatoms. The molecule has 1 aromatic carbocycles. The zero-order valence-corrected chi connectivity index (χ0v) is 17.4. The zero-order valence-electron chi connectivity index (χ0n) is 16.6. The van der Waals surface area contributed by atoms with Crippen LogP contribution in [0.3, 0.4) is 0 Å². The van der Waals surface area contributed by atoms with Gasteiger partial charge in [0.05, 0.1) is 38.6 Å². The molecule has 0 saturated heterocycles. The molecule has 0 atom stereocenters. The molecule has 0 fully saturated rings. The van der Waals surface area contributed by atoms with E-state index in [4.69, 9.17) is 25.8 Å². The molecule has 158 valence electrons. The predicted molar refractivity (Wildman–Crippen MR) is 109 cm³/mol. The summed E-state index contributed by atoms with van der Waals surface area (Å²) < 4.78 is 20.4. The number of ether oxygens (including phenoxy) is 3. The molecule has 0 radical (unpaired) electrons. The molecule has 0 saturated carbocycles. The van der Waals surface area contributed by atoms with Gasteiger partial charge in [-0.25, -0.2) is 18.8 Å². The Balaban J connectivity index is 1.85. The number of halogens is 1. The van der Waals surface area contributed by atoms with Crippen molar-refractivity contribution in [2.45, 2.75) is 26.9 Å². The molecule has 0 amide bonds. The Morgan fingerprint density at radius 2 is 1.90 bits per heavy atom. The first-order valence-corrected chi connectivity index (χ1v) is 9.96. The van der Waals surface area contributed by atoms with E-state index in [2.05, 4.69) is 5.10 Å². The van der Waals surface area contributed by atoms with Gasteiger partial charge in [0.2, 0.25) is 0 Å². The van der Waals surface area contributed by atoms with Gasteiger partial charge in [-0.1, -0.05) is 23.7 Å². The van der Waals surface area contributed by atoms with Gasteiger partial charge in [0.15, 0.2) is 5.69 Å². The van der Waals surface area contributed by atoms with Crippen molar-refractivity contribution in [3.05, 3.63) is 51.4 Å². The average Bonchev–Trinajstić information content (AvgIpc) is 3.08. The minimum Gasteiger partial charge on any atom is -0.434 e. The number of hydrogen-bond acceptors (Lipinski definition) is 6. The summed E-state index contributed by atoms with van der Waals surface area (Å²) in [5.74, 6) is 0.0813. The third-order valence-electron chi connectivity index (χ3n) is 4.74. The molecule has 0 bridgehead atoms. The summed E-state index contributed by atoms with van der Waals surface area (Å²) in [5, 5.41) is 5.23. The molecule has 0 unspecified atom stereocenters. The lowest BCUT2D eigenvalue weighted by atomic mass is 10.1. The predicted octanol–water partition coefficient (Wildman–Crippen LogP) is 3.03. The van der Waals surface area contributed by atoms with Gasteiger partial charge in [-0.2, -0.15) is 5.10 Å². The molecule has 0 aliphatic carbocycles. The third-order valence-corrected chi connectivity index (χ3v) is 4.99. The largest absolute Gasteiger partial charge is 0.515 e. The number of aryl methyl sites for hydroxylation is 1. The number of rotatable bonds is 4. The Morgan fingerprint density at radius 1 is 1.20 bits per heavy atom. The van der Waals surface area contributed by atoms with Crippen LogP contribution in [-0.2, 0) is 22.6 Å². The summed E-state index contributed by atoms with van der Waals surface area (Å²) in [6, 6.07) is 9.10. The molecular weight excluding hydrogens is 412 g/mol. The summed E-state index contributed by atoms with van der Waals surface area (Å²) in [5.41, 5.74) is 2.06. The maximum absolute atomic E-state index is 13.2. The van der Waals surface area contributed by atoms with Gasteiger partial charge in [0.25, 0.3) is 11.4 Å². The second-order valence-electron chi connectivity index (χ2n) is 6.69. The van der Waals surface area contributed by atoms with Crippen LogP contribution in [0.4, 0.5) is 4.79 Å². The molecule has 30 heavy (non-hydrogen) atoms. The molecule has 3 heterocycles. The molecule has 0 N–H and O–H groups in total. The summed E-state index contributed by atoms with van der Waals surface area (Å²) in [4.78, 5) is 25.3. The molecule has 3 aromatic rings. The SMILES string of the molecule is CCOC(=O)Oc1c(-n2nc(-c3ccc(Cl)cc3)cc2C)c(=O)n2n1CCOCC2. The first-order valence-electron chi connectivity index (χ1n) is 9.58. The van der Waals surface area contributed by atoms with Crippen LogP contribution in [-0.4, -0.2) is 45.1 Å². The summed E-state index contributed by atoms with van der Waals surface area (Å²) in [7, 11) is 0. The van der Waals surface area contributed by atoms with E-state index < -0.39 is 6.16 Å². The molecule has 4 rings (SSSR count). The van der Waals surface area contributed by atoms with E-state index in [-0.39, 0.29) is 23.7 Å². The maximum atomic E-state index is 13.2. The number of fused-ring (bicyclic) bond motifs is 1. The van der Waals surface area contributed by atoms with E-state index in [1.165, 1.54) is 9.36 Å². The number of carbonyl (C=O) groups is 1. The van der Waals surface area contributed by atoms with Crippen molar-refractivity contribution in [2.75, 3.05) is 19.8 Å². The van der Waals surface area contributed by atoms with Crippen LogP contribution in [0.1, 0.15) is 12.6 Å². The van der Waals surface area contributed by atoms with E-state index in [1.54, 1.807) is 23.7 Å². The first-order chi connectivity index (χ1) is 14.5. The van der Waals surface area contributed by atoms with Crippen molar-refractivity contribution < 1.29 is 19.0 Å². The Hall–Kier alpha value is -3.04. The van der Waals surface area contributed by atoms with Crippen molar-refractivity contribution in [3.63, 3.8) is 0 Å².